The minimum Gasteiger partial charge on any atom is -0.396 e. The summed E-state index contributed by atoms with van der Waals surface area (Å²) in [7, 11) is 0. The summed E-state index contributed by atoms with van der Waals surface area (Å²) in [6, 6.07) is 0. The Bertz CT molecular complexity index is 77.3. The number of aliphatic hydroxyl groups is 1. The second-order valence-corrected chi connectivity index (χ2v) is 3.07. The van der Waals surface area contributed by atoms with Crippen LogP contribution >= 0.6 is 0 Å². The van der Waals surface area contributed by atoms with Gasteiger partial charge in [0.1, 0.15) is 0 Å². The maximum Gasteiger partial charge on any atom is 1.00 e. The van der Waals surface area contributed by atoms with Gasteiger partial charge in [0, 0.05) is 6.61 Å². The Morgan fingerprint density at radius 2 is 1.70 bits per heavy atom. The molecule has 1 rings (SSSR count). The summed E-state index contributed by atoms with van der Waals surface area (Å²) in [6.07, 6.45) is 4.80. The van der Waals surface area contributed by atoms with Gasteiger partial charge in [0.25, 0.3) is 0 Å². The van der Waals surface area contributed by atoms with Gasteiger partial charge in [-0.2, -0.15) is 5.92 Å². The maximum absolute atomic E-state index is 8.76. The minimum atomic E-state index is 0. The quantitative estimate of drug-likeness (QED) is 0.729. The third-order valence-electron chi connectivity index (χ3n) is 2.22. The molecule has 1 fully saturated rings. The van der Waals surface area contributed by atoms with Gasteiger partial charge in [-0.05, 0) is 5.92 Å². The van der Waals surface area contributed by atoms with Gasteiger partial charge in [-0.25, -0.2) is 0 Å². The average molecular weight is 317 g/mol. The molecule has 0 aliphatic heterocycles. The molecule has 0 spiro atoms. The maximum atomic E-state index is 8.76. The summed E-state index contributed by atoms with van der Waals surface area (Å²) >= 11 is 0. The molecule has 1 nitrogen and oxygen atoms in total. The molecular weight excluding hydrogens is 302 g/mol. The van der Waals surface area contributed by atoms with Crippen molar-refractivity contribution in [3.05, 3.63) is 6.92 Å². The zero-order valence-corrected chi connectivity index (χ0v) is 8.74. The topological polar surface area (TPSA) is 20.2 Å². The first-order valence-electron chi connectivity index (χ1n) is 3.77. The van der Waals surface area contributed by atoms with Gasteiger partial charge in [-0.15, -0.1) is 0 Å². The number of rotatable bonds is 1. The van der Waals surface area contributed by atoms with E-state index in [2.05, 4.69) is 6.92 Å². The molecule has 0 amide bonds. The zero-order chi connectivity index (χ0) is 6.69. The predicted octanol–water partition coefficient (Wildman–Crippen LogP) is 1.62. The van der Waals surface area contributed by atoms with Crippen molar-refractivity contribution in [2.24, 2.45) is 11.8 Å². The van der Waals surface area contributed by atoms with Crippen molar-refractivity contribution in [3.63, 3.8) is 0 Å². The third-order valence-corrected chi connectivity index (χ3v) is 2.22. The first-order chi connectivity index (χ1) is 4.33. The van der Waals surface area contributed by atoms with Crippen LogP contribution in [0.3, 0.4) is 0 Å². The molecular formula is C8H15OOs. The molecule has 0 aromatic carbocycles. The van der Waals surface area contributed by atoms with E-state index in [9.17, 15) is 0 Å². The van der Waals surface area contributed by atoms with E-state index in [-0.39, 0.29) is 19.8 Å². The van der Waals surface area contributed by atoms with E-state index in [1.54, 1.807) is 0 Å². The van der Waals surface area contributed by atoms with Crippen molar-refractivity contribution in [2.75, 3.05) is 6.61 Å². The number of hydrogen-bond acceptors (Lipinski definition) is 1. The van der Waals surface area contributed by atoms with Crippen molar-refractivity contribution in [1.29, 1.82) is 0 Å². The fourth-order valence-corrected chi connectivity index (χ4v) is 1.41. The molecule has 1 N–H and O–H groups in total. The third kappa shape index (κ3) is 3.13. The molecule has 0 unspecified atom stereocenters. The van der Waals surface area contributed by atoms with Gasteiger partial charge in [-0.3, -0.25) is 0 Å². The molecule has 0 aromatic rings. The Morgan fingerprint density at radius 3 is 2.10 bits per heavy atom. The van der Waals surface area contributed by atoms with Crippen LogP contribution in [0.15, 0.2) is 0 Å². The Balaban J connectivity index is 0.000000810. The molecule has 0 aromatic heterocycles. The Kier molecular flexibility index (Phi) is 5.59. The van der Waals surface area contributed by atoms with Crippen LogP contribution in [-0.2, 0) is 19.8 Å². The Hall–Kier alpha value is 0.596. The minimum absolute atomic E-state index is 0. The van der Waals surface area contributed by atoms with Crippen LogP contribution < -0.4 is 0 Å². The molecule has 1 radical (unpaired) electrons. The first kappa shape index (κ1) is 10.6. The molecule has 1 aliphatic rings. The fourth-order valence-electron chi connectivity index (χ4n) is 1.41. The van der Waals surface area contributed by atoms with Gasteiger partial charge in [0.2, 0.25) is 0 Å². The van der Waals surface area contributed by atoms with E-state index in [1.807, 2.05) is 0 Å². The summed E-state index contributed by atoms with van der Waals surface area (Å²) < 4.78 is 0. The van der Waals surface area contributed by atoms with E-state index in [4.69, 9.17) is 5.11 Å². The molecule has 1 aliphatic carbocycles. The van der Waals surface area contributed by atoms with Crippen LogP contribution in [0.25, 0.3) is 0 Å². The second-order valence-electron chi connectivity index (χ2n) is 3.07. The Morgan fingerprint density at radius 1 is 1.20 bits per heavy atom. The molecule has 2 heteroatoms. The van der Waals surface area contributed by atoms with Gasteiger partial charge in [-0.1, -0.05) is 25.7 Å². The number of aliphatic hydroxyl groups excluding tert-OH is 1. The van der Waals surface area contributed by atoms with E-state index >= 15 is 0 Å². The van der Waals surface area contributed by atoms with Crippen LogP contribution in [0, 0.1) is 18.8 Å². The number of hydrogen-bond donors (Lipinski definition) is 1. The summed E-state index contributed by atoms with van der Waals surface area (Å²) in [5, 5.41) is 8.76. The van der Waals surface area contributed by atoms with Crippen molar-refractivity contribution in [3.8, 4) is 0 Å². The van der Waals surface area contributed by atoms with Gasteiger partial charge >= 0.3 is 19.8 Å². The van der Waals surface area contributed by atoms with Crippen LogP contribution in [-0.4, -0.2) is 11.7 Å². The van der Waals surface area contributed by atoms with Crippen LogP contribution in [0.2, 0.25) is 0 Å². The molecule has 1 saturated carbocycles. The monoisotopic (exact) mass is 319 g/mol. The molecule has 0 bridgehead atoms. The van der Waals surface area contributed by atoms with Gasteiger partial charge < -0.3 is 12.0 Å². The van der Waals surface area contributed by atoms with Gasteiger partial charge in [0.15, 0.2) is 0 Å². The summed E-state index contributed by atoms with van der Waals surface area (Å²) in [5.41, 5.74) is 0. The SMILES string of the molecule is [CH2-]C1CCC(CO)CC1.[Os+]. The van der Waals surface area contributed by atoms with Crippen LogP contribution in [0.5, 0.6) is 0 Å². The smallest absolute Gasteiger partial charge is 0.396 e. The standard InChI is InChI=1S/C8H15O.Os/c1-7-2-4-8(6-9)5-3-7;/h7-9H,1-6H2;/q-1;+1. The molecule has 0 atom stereocenters. The molecule has 0 heterocycles. The van der Waals surface area contributed by atoms with Crippen LogP contribution in [0.4, 0.5) is 0 Å². The Labute approximate surface area is 76.3 Å². The molecule has 10 heavy (non-hydrogen) atoms. The van der Waals surface area contributed by atoms with E-state index in [0.29, 0.717) is 18.4 Å². The molecule has 61 valence electrons. The van der Waals surface area contributed by atoms with Gasteiger partial charge in [0.05, 0.1) is 0 Å². The summed E-state index contributed by atoms with van der Waals surface area (Å²) in [4.78, 5) is 0. The second kappa shape index (κ2) is 5.27. The fraction of sp³-hybridized carbons (Fsp3) is 0.875. The van der Waals surface area contributed by atoms with Crippen LogP contribution in [0.1, 0.15) is 25.7 Å². The van der Waals surface area contributed by atoms with Crippen molar-refractivity contribution < 1.29 is 24.9 Å². The van der Waals surface area contributed by atoms with Crippen molar-refractivity contribution in [1.82, 2.24) is 0 Å². The van der Waals surface area contributed by atoms with E-state index in [1.165, 1.54) is 25.7 Å². The van der Waals surface area contributed by atoms with E-state index in [0.717, 1.165) is 0 Å². The summed E-state index contributed by atoms with van der Waals surface area (Å²) in [5.74, 6) is 1.25. The van der Waals surface area contributed by atoms with Crippen molar-refractivity contribution in [2.45, 2.75) is 25.7 Å². The average Bonchev–Trinajstić information content (AvgIpc) is 1.90. The summed E-state index contributed by atoms with van der Waals surface area (Å²) in [6.45, 7) is 4.37. The zero-order valence-electron chi connectivity index (χ0n) is 6.20. The van der Waals surface area contributed by atoms with E-state index < -0.39 is 0 Å². The first-order valence-corrected chi connectivity index (χ1v) is 3.77. The molecule has 0 saturated heterocycles. The largest absolute Gasteiger partial charge is 1.00 e. The van der Waals surface area contributed by atoms with Crippen molar-refractivity contribution >= 4 is 0 Å². The predicted molar refractivity (Wildman–Crippen MR) is 37.9 cm³/mol. The normalized spacial score (nSPS) is 33.0.